The molecule has 0 aliphatic rings. The summed E-state index contributed by atoms with van der Waals surface area (Å²) in [5.74, 6) is -0.285. The van der Waals surface area contributed by atoms with Gasteiger partial charge in [0.25, 0.3) is 0 Å². The van der Waals surface area contributed by atoms with Crippen LogP contribution in [0.2, 0.25) is 0 Å². The van der Waals surface area contributed by atoms with Crippen LogP contribution in [0.1, 0.15) is 22.8 Å². The average Bonchev–Trinajstić information content (AvgIpc) is 2.78. The molecule has 0 bridgehead atoms. The SMILES string of the molecule is OCc1cc(C(O)CNCCc2ccc(Nc3ccc(OC(F)(F)F)cc3)cc2)ccc1O. The molecule has 0 aliphatic heterocycles. The molecule has 3 aromatic rings. The number of rotatable bonds is 10. The van der Waals surface area contributed by atoms with E-state index >= 15 is 0 Å². The normalized spacial score (nSPS) is 12.4. The van der Waals surface area contributed by atoms with Gasteiger partial charge in [-0.3, -0.25) is 0 Å². The largest absolute Gasteiger partial charge is 0.573 e. The Bertz CT molecular complexity index is 1030. The van der Waals surface area contributed by atoms with E-state index in [1.807, 2.05) is 24.3 Å². The molecule has 3 rings (SSSR count). The van der Waals surface area contributed by atoms with E-state index in [1.165, 1.54) is 30.3 Å². The number of ether oxygens (including phenoxy) is 1. The topological polar surface area (TPSA) is 94.0 Å². The Balaban J connectivity index is 1.43. The smallest absolute Gasteiger partial charge is 0.508 e. The number of hydrogen-bond donors (Lipinski definition) is 5. The second-order valence-electron chi connectivity index (χ2n) is 7.41. The number of halogens is 3. The van der Waals surface area contributed by atoms with Gasteiger partial charge in [-0.2, -0.15) is 0 Å². The van der Waals surface area contributed by atoms with Gasteiger partial charge in [0.05, 0.1) is 12.7 Å². The van der Waals surface area contributed by atoms with Gasteiger partial charge in [-0.25, -0.2) is 0 Å². The van der Waals surface area contributed by atoms with Crippen LogP contribution in [0, 0.1) is 0 Å². The molecule has 1 atom stereocenters. The summed E-state index contributed by atoms with van der Waals surface area (Å²) < 4.78 is 40.5. The van der Waals surface area contributed by atoms with Gasteiger partial charge in [0.1, 0.15) is 11.5 Å². The van der Waals surface area contributed by atoms with Crippen LogP contribution in [0.5, 0.6) is 11.5 Å². The summed E-state index contributed by atoms with van der Waals surface area (Å²) in [5.41, 5.74) is 3.47. The molecule has 0 spiro atoms. The average molecular weight is 462 g/mol. The summed E-state index contributed by atoms with van der Waals surface area (Å²) in [7, 11) is 0. The van der Waals surface area contributed by atoms with E-state index in [9.17, 15) is 28.5 Å². The first-order valence-electron chi connectivity index (χ1n) is 10.3. The van der Waals surface area contributed by atoms with Crippen LogP contribution in [0.15, 0.2) is 66.7 Å². The Kier molecular flexibility index (Phi) is 8.16. The third-order valence-electron chi connectivity index (χ3n) is 4.92. The summed E-state index contributed by atoms with van der Waals surface area (Å²) >= 11 is 0. The highest BCUT2D eigenvalue weighted by Crippen LogP contribution is 2.25. The minimum absolute atomic E-state index is 0.00756. The van der Waals surface area contributed by atoms with Crippen LogP contribution in [-0.2, 0) is 13.0 Å². The number of nitrogens with one attached hydrogen (secondary N) is 2. The second kappa shape index (κ2) is 11.0. The van der Waals surface area contributed by atoms with Crippen LogP contribution < -0.4 is 15.4 Å². The van der Waals surface area contributed by atoms with Gasteiger partial charge in [0, 0.05) is 23.5 Å². The third kappa shape index (κ3) is 7.67. The number of aliphatic hydroxyl groups excluding tert-OH is 2. The minimum Gasteiger partial charge on any atom is -0.508 e. The number of phenols is 1. The molecule has 1 unspecified atom stereocenters. The zero-order valence-electron chi connectivity index (χ0n) is 17.6. The highest BCUT2D eigenvalue weighted by Gasteiger charge is 2.30. The third-order valence-corrected chi connectivity index (χ3v) is 4.92. The molecule has 0 aromatic heterocycles. The standard InChI is InChI=1S/C24H25F3N2O4/c25-24(26,27)33-21-8-6-20(7-9-21)29-19-4-1-16(2-5-19)11-12-28-14-23(32)17-3-10-22(31)18(13-17)15-30/h1-10,13,23,28-32H,11-12,14-15H2. The van der Waals surface area contributed by atoms with Crippen LogP contribution in [0.3, 0.4) is 0 Å². The van der Waals surface area contributed by atoms with E-state index in [0.717, 1.165) is 17.7 Å². The molecule has 0 heterocycles. The van der Waals surface area contributed by atoms with Crippen molar-refractivity contribution in [2.24, 2.45) is 0 Å². The Labute approximate surface area is 189 Å². The van der Waals surface area contributed by atoms with Crippen molar-refractivity contribution in [3.05, 3.63) is 83.4 Å². The van der Waals surface area contributed by atoms with Crippen molar-refractivity contribution in [1.29, 1.82) is 0 Å². The molecule has 176 valence electrons. The first-order chi connectivity index (χ1) is 15.7. The van der Waals surface area contributed by atoms with Crippen molar-refractivity contribution in [3.63, 3.8) is 0 Å². The molecule has 0 aliphatic carbocycles. The van der Waals surface area contributed by atoms with Gasteiger partial charge in [0.2, 0.25) is 0 Å². The molecular formula is C24H25F3N2O4. The van der Waals surface area contributed by atoms with E-state index < -0.39 is 12.5 Å². The first-order valence-corrected chi connectivity index (χ1v) is 10.3. The van der Waals surface area contributed by atoms with Gasteiger partial charge in [-0.1, -0.05) is 18.2 Å². The van der Waals surface area contributed by atoms with Gasteiger partial charge in [-0.15, -0.1) is 13.2 Å². The van der Waals surface area contributed by atoms with Crippen molar-refractivity contribution in [2.45, 2.75) is 25.5 Å². The second-order valence-corrected chi connectivity index (χ2v) is 7.41. The minimum atomic E-state index is -4.72. The van der Waals surface area contributed by atoms with Crippen molar-refractivity contribution >= 4 is 11.4 Å². The molecule has 0 fully saturated rings. The summed E-state index contributed by atoms with van der Waals surface area (Å²) in [6, 6.07) is 17.8. The van der Waals surface area contributed by atoms with Gasteiger partial charge >= 0.3 is 6.36 Å². The highest BCUT2D eigenvalue weighted by atomic mass is 19.4. The molecule has 9 heteroatoms. The number of hydrogen-bond acceptors (Lipinski definition) is 6. The molecule has 6 nitrogen and oxygen atoms in total. The molecule has 0 saturated heterocycles. The Morgan fingerprint density at radius 3 is 2.15 bits per heavy atom. The number of anilines is 2. The summed E-state index contributed by atoms with van der Waals surface area (Å²) in [6.07, 6.45) is -4.75. The molecule has 0 saturated carbocycles. The maximum atomic E-state index is 12.2. The van der Waals surface area contributed by atoms with Gasteiger partial charge < -0.3 is 30.7 Å². The van der Waals surface area contributed by atoms with Gasteiger partial charge in [-0.05, 0) is 72.6 Å². The number of aromatic hydroxyl groups is 1. The Morgan fingerprint density at radius 2 is 1.55 bits per heavy atom. The maximum absolute atomic E-state index is 12.2. The molecule has 3 aromatic carbocycles. The predicted molar refractivity (Wildman–Crippen MR) is 118 cm³/mol. The highest BCUT2D eigenvalue weighted by molar-refractivity contribution is 5.60. The molecule has 33 heavy (non-hydrogen) atoms. The zero-order chi connectivity index (χ0) is 23.8. The fourth-order valence-electron chi connectivity index (χ4n) is 3.19. The van der Waals surface area contributed by atoms with Crippen LogP contribution in [0.4, 0.5) is 24.5 Å². The Morgan fingerprint density at radius 1 is 0.909 bits per heavy atom. The van der Waals surface area contributed by atoms with Gasteiger partial charge in [0.15, 0.2) is 0 Å². The predicted octanol–water partition coefficient (Wildman–Crippen LogP) is 4.39. The van der Waals surface area contributed by atoms with Crippen LogP contribution >= 0.6 is 0 Å². The molecular weight excluding hydrogens is 437 g/mol. The van der Waals surface area contributed by atoms with E-state index in [2.05, 4.69) is 15.4 Å². The molecule has 0 radical (unpaired) electrons. The summed E-state index contributed by atoms with van der Waals surface area (Å²) in [4.78, 5) is 0. The maximum Gasteiger partial charge on any atom is 0.573 e. The molecule has 5 N–H and O–H groups in total. The number of benzene rings is 3. The summed E-state index contributed by atoms with van der Waals surface area (Å²) in [5, 5.41) is 35.4. The molecule has 0 amide bonds. The summed E-state index contributed by atoms with van der Waals surface area (Å²) in [6.45, 7) is 0.654. The lowest BCUT2D eigenvalue weighted by molar-refractivity contribution is -0.274. The van der Waals surface area contributed by atoms with E-state index in [0.29, 0.717) is 29.9 Å². The fraction of sp³-hybridized carbons (Fsp3) is 0.250. The lowest BCUT2D eigenvalue weighted by Crippen LogP contribution is -2.23. The van der Waals surface area contributed by atoms with E-state index in [-0.39, 0.29) is 18.1 Å². The van der Waals surface area contributed by atoms with E-state index in [1.54, 1.807) is 12.1 Å². The Hall–Kier alpha value is -3.27. The van der Waals surface area contributed by atoms with Crippen molar-refractivity contribution < 1.29 is 33.2 Å². The first kappa shape index (κ1) is 24.4. The number of aliphatic hydroxyl groups is 2. The van der Waals surface area contributed by atoms with Crippen molar-refractivity contribution in [2.75, 3.05) is 18.4 Å². The number of alkyl halides is 3. The van der Waals surface area contributed by atoms with Crippen LogP contribution in [-0.4, -0.2) is 34.8 Å². The zero-order valence-corrected chi connectivity index (χ0v) is 17.6. The van der Waals surface area contributed by atoms with Crippen molar-refractivity contribution in [1.82, 2.24) is 5.32 Å². The lowest BCUT2D eigenvalue weighted by atomic mass is 10.1. The lowest BCUT2D eigenvalue weighted by Gasteiger charge is -2.14. The quantitative estimate of drug-likeness (QED) is 0.287. The van der Waals surface area contributed by atoms with Crippen molar-refractivity contribution in [3.8, 4) is 11.5 Å². The fourth-order valence-corrected chi connectivity index (χ4v) is 3.19. The van der Waals surface area contributed by atoms with Crippen LogP contribution in [0.25, 0.3) is 0 Å². The van der Waals surface area contributed by atoms with E-state index in [4.69, 9.17) is 0 Å². The monoisotopic (exact) mass is 462 g/mol.